The van der Waals surface area contributed by atoms with Gasteiger partial charge in [0.25, 0.3) is 0 Å². The molecule has 1 unspecified atom stereocenters. The van der Waals surface area contributed by atoms with Crippen LogP contribution in [-0.2, 0) is 6.42 Å². The van der Waals surface area contributed by atoms with Crippen LogP contribution < -0.4 is 5.32 Å². The van der Waals surface area contributed by atoms with Crippen LogP contribution in [0.25, 0.3) is 0 Å². The van der Waals surface area contributed by atoms with E-state index >= 15 is 0 Å². The van der Waals surface area contributed by atoms with E-state index in [-0.39, 0.29) is 0 Å². The van der Waals surface area contributed by atoms with E-state index in [1.807, 2.05) is 0 Å². The minimum atomic E-state index is 0.576. The quantitative estimate of drug-likeness (QED) is 0.778. The summed E-state index contributed by atoms with van der Waals surface area (Å²) in [7, 11) is 0. The molecule has 0 bridgehead atoms. The molecule has 0 aliphatic heterocycles. The van der Waals surface area contributed by atoms with Crippen LogP contribution in [0.1, 0.15) is 37.0 Å². The molecule has 15 heavy (non-hydrogen) atoms. The molecule has 0 heterocycles. The second-order valence-corrected chi connectivity index (χ2v) is 4.48. The average Bonchev–Trinajstić information content (AvgIpc) is 2.20. The van der Waals surface area contributed by atoms with Gasteiger partial charge in [0, 0.05) is 6.04 Å². The molecule has 84 valence electrons. The summed E-state index contributed by atoms with van der Waals surface area (Å²) >= 11 is 0. The standard InChI is InChI=1S/C14H23N/c1-5-8-15-13(4)10-14-7-6-11(2)12(3)9-14/h6-7,9,13,15H,5,8,10H2,1-4H3. The first-order valence-corrected chi connectivity index (χ1v) is 5.93. The fraction of sp³-hybridized carbons (Fsp3) is 0.571. The minimum absolute atomic E-state index is 0.576. The second-order valence-electron chi connectivity index (χ2n) is 4.48. The van der Waals surface area contributed by atoms with Crippen LogP contribution in [-0.4, -0.2) is 12.6 Å². The van der Waals surface area contributed by atoms with E-state index in [2.05, 4.69) is 51.2 Å². The number of hydrogen-bond acceptors (Lipinski definition) is 1. The van der Waals surface area contributed by atoms with Crippen molar-refractivity contribution in [3.05, 3.63) is 34.9 Å². The largest absolute Gasteiger partial charge is 0.314 e. The molecule has 1 aromatic rings. The van der Waals surface area contributed by atoms with Gasteiger partial charge in [-0.05, 0) is 56.8 Å². The fourth-order valence-corrected chi connectivity index (χ4v) is 1.75. The third-order valence-electron chi connectivity index (χ3n) is 2.86. The van der Waals surface area contributed by atoms with Crippen LogP contribution in [0.4, 0.5) is 0 Å². The van der Waals surface area contributed by atoms with Crippen molar-refractivity contribution in [2.24, 2.45) is 0 Å². The Balaban J connectivity index is 2.53. The van der Waals surface area contributed by atoms with Crippen LogP contribution in [0.15, 0.2) is 18.2 Å². The van der Waals surface area contributed by atoms with E-state index < -0.39 is 0 Å². The topological polar surface area (TPSA) is 12.0 Å². The van der Waals surface area contributed by atoms with Gasteiger partial charge < -0.3 is 5.32 Å². The van der Waals surface area contributed by atoms with Crippen LogP contribution in [0.2, 0.25) is 0 Å². The number of hydrogen-bond donors (Lipinski definition) is 1. The van der Waals surface area contributed by atoms with Crippen LogP contribution in [0.5, 0.6) is 0 Å². The summed E-state index contributed by atoms with van der Waals surface area (Å²) in [5.74, 6) is 0. The van der Waals surface area contributed by atoms with Crippen LogP contribution in [0, 0.1) is 13.8 Å². The Morgan fingerprint density at radius 3 is 2.53 bits per heavy atom. The van der Waals surface area contributed by atoms with Crippen molar-refractivity contribution in [1.82, 2.24) is 5.32 Å². The highest BCUT2D eigenvalue weighted by atomic mass is 14.9. The molecule has 0 saturated heterocycles. The Labute approximate surface area is 93.9 Å². The molecule has 1 N–H and O–H groups in total. The van der Waals surface area contributed by atoms with Gasteiger partial charge in [0.05, 0.1) is 0 Å². The lowest BCUT2D eigenvalue weighted by atomic mass is 10.0. The summed E-state index contributed by atoms with van der Waals surface area (Å²) in [6, 6.07) is 7.34. The first-order chi connectivity index (χ1) is 7.13. The molecular formula is C14H23N. The van der Waals surface area contributed by atoms with Crippen molar-refractivity contribution in [3.63, 3.8) is 0 Å². The number of aryl methyl sites for hydroxylation is 2. The molecule has 1 atom stereocenters. The number of nitrogens with one attached hydrogen (secondary N) is 1. The molecule has 0 spiro atoms. The molecule has 0 saturated carbocycles. The van der Waals surface area contributed by atoms with E-state index in [0.29, 0.717) is 6.04 Å². The smallest absolute Gasteiger partial charge is 0.00791 e. The molecule has 0 amide bonds. The fourth-order valence-electron chi connectivity index (χ4n) is 1.75. The Kier molecular flexibility index (Phi) is 4.83. The zero-order valence-electron chi connectivity index (χ0n) is 10.4. The van der Waals surface area contributed by atoms with E-state index in [4.69, 9.17) is 0 Å². The lowest BCUT2D eigenvalue weighted by Crippen LogP contribution is -2.28. The maximum absolute atomic E-state index is 3.51. The van der Waals surface area contributed by atoms with E-state index in [1.54, 1.807) is 0 Å². The van der Waals surface area contributed by atoms with Crippen molar-refractivity contribution in [2.45, 2.75) is 46.6 Å². The third-order valence-corrected chi connectivity index (χ3v) is 2.86. The molecule has 0 radical (unpaired) electrons. The lowest BCUT2D eigenvalue weighted by molar-refractivity contribution is 0.543. The molecule has 0 fully saturated rings. The first-order valence-electron chi connectivity index (χ1n) is 5.93. The Morgan fingerprint density at radius 1 is 1.20 bits per heavy atom. The molecular weight excluding hydrogens is 182 g/mol. The van der Waals surface area contributed by atoms with E-state index in [9.17, 15) is 0 Å². The van der Waals surface area contributed by atoms with Gasteiger partial charge in [0.2, 0.25) is 0 Å². The molecule has 1 rings (SSSR count). The normalized spacial score (nSPS) is 12.8. The molecule has 1 nitrogen and oxygen atoms in total. The summed E-state index contributed by atoms with van der Waals surface area (Å²) in [5, 5.41) is 3.51. The summed E-state index contributed by atoms with van der Waals surface area (Å²) in [6.07, 6.45) is 2.33. The summed E-state index contributed by atoms with van der Waals surface area (Å²) < 4.78 is 0. The molecule has 1 aromatic carbocycles. The van der Waals surface area contributed by atoms with Gasteiger partial charge in [-0.1, -0.05) is 25.1 Å². The maximum atomic E-state index is 3.51. The van der Waals surface area contributed by atoms with E-state index in [0.717, 1.165) is 13.0 Å². The first kappa shape index (κ1) is 12.3. The molecule has 0 aromatic heterocycles. The van der Waals surface area contributed by atoms with Crippen LogP contribution >= 0.6 is 0 Å². The SMILES string of the molecule is CCCNC(C)Cc1ccc(C)c(C)c1. The Morgan fingerprint density at radius 2 is 1.93 bits per heavy atom. The predicted molar refractivity (Wildman–Crippen MR) is 67.4 cm³/mol. The monoisotopic (exact) mass is 205 g/mol. The van der Waals surface area contributed by atoms with Gasteiger partial charge in [0.1, 0.15) is 0 Å². The van der Waals surface area contributed by atoms with Crippen molar-refractivity contribution in [2.75, 3.05) is 6.54 Å². The average molecular weight is 205 g/mol. The molecule has 1 heteroatoms. The predicted octanol–water partition coefficient (Wildman–Crippen LogP) is 3.23. The number of benzene rings is 1. The summed E-state index contributed by atoms with van der Waals surface area (Å²) in [6.45, 7) is 9.92. The highest BCUT2D eigenvalue weighted by Gasteiger charge is 2.03. The highest BCUT2D eigenvalue weighted by Crippen LogP contribution is 2.11. The minimum Gasteiger partial charge on any atom is -0.314 e. The van der Waals surface area contributed by atoms with Crippen LogP contribution in [0.3, 0.4) is 0 Å². The molecule has 0 aliphatic carbocycles. The summed E-state index contributed by atoms with van der Waals surface area (Å²) in [5.41, 5.74) is 4.22. The van der Waals surface area contributed by atoms with Crippen molar-refractivity contribution in [3.8, 4) is 0 Å². The zero-order valence-corrected chi connectivity index (χ0v) is 10.4. The van der Waals surface area contributed by atoms with Gasteiger partial charge >= 0.3 is 0 Å². The van der Waals surface area contributed by atoms with Gasteiger partial charge in [-0.15, -0.1) is 0 Å². The van der Waals surface area contributed by atoms with Crippen molar-refractivity contribution >= 4 is 0 Å². The van der Waals surface area contributed by atoms with Gasteiger partial charge in [-0.3, -0.25) is 0 Å². The highest BCUT2D eigenvalue weighted by molar-refractivity contribution is 5.30. The van der Waals surface area contributed by atoms with E-state index in [1.165, 1.54) is 23.1 Å². The zero-order chi connectivity index (χ0) is 11.3. The summed E-state index contributed by atoms with van der Waals surface area (Å²) in [4.78, 5) is 0. The number of rotatable bonds is 5. The van der Waals surface area contributed by atoms with Crippen molar-refractivity contribution in [1.29, 1.82) is 0 Å². The molecule has 0 aliphatic rings. The lowest BCUT2D eigenvalue weighted by Gasteiger charge is -2.14. The van der Waals surface area contributed by atoms with Gasteiger partial charge in [-0.25, -0.2) is 0 Å². The Bertz CT molecular complexity index is 304. The Hall–Kier alpha value is -0.820. The second kappa shape index (κ2) is 5.92. The van der Waals surface area contributed by atoms with Gasteiger partial charge in [0.15, 0.2) is 0 Å². The van der Waals surface area contributed by atoms with Crippen molar-refractivity contribution < 1.29 is 0 Å². The third kappa shape index (κ3) is 4.05. The van der Waals surface area contributed by atoms with Gasteiger partial charge in [-0.2, -0.15) is 0 Å². The maximum Gasteiger partial charge on any atom is 0.00791 e.